The van der Waals surface area contributed by atoms with Crippen LogP contribution in [0.1, 0.15) is 5.56 Å². The molecule has 0 saturated carbocycles. The Bertz CT molecular complexity index is 1190. The van der Waals surface area contributed by atoms with Crippen LogP contribution in [0, 0.1) is 6.92 Å². The number of hydrogen-bond donors (Lipinski definition) is 0. The second-order valence-electron chi connectivity index (χ2n) is 15.0. The average molecular weight is 847 g/mol. The maximum atomic E-state index is 10.4. The van der Waals surface area contributed by atoms with Crippen LogP contribution in [0.2, 0.25) is 0 Å². The van der Waals surface area contributed by atoms with E-state index in [1.807, 2.05) is 19.1 Å². The highest BCUT2D eigenvalue weighted by atomic mass is 31.3. The number of aryl methyl sites for hydroxylation is 1. The van der Waals surface area contributed by atoms with Gasteiger partial charge in [0.05, 0.1) is 0 Å². The van der Waals surface area contributed by atoms with Crippen LogP contribution in [0.25, 0.3) is 0 Å². The summed E-state index contributed by atoms with van der Waals surface area (Å²) in [6, 6.07) is 6.75. The predicted octanol–water partition coefficient (Wildman–Crippen LogP) is 6.26. The highest BCUT2D eigenvalue weighted by molar-refractivity contribution is 7.87. The Labute approximate surface area is 327 Å². The van der Waals surface area contributed by atoms with Gasteiger partial charge in [0.2, 0.25) is 30.0 Å². The molecule has 0 saturated heterocycles. The molecule has 22 heteroatoms. The third kappa shape index (κ3) is 11.5. The fourth-order valence-corrected chi connectivity index (χ4v) is 30.8. The van der Waals surface area contributed by atoms with E-state index in [1.54, 1.807) is 12.1 Å². The lowest BCUT2D eigenvalue weighted by Crippen LogP contribution is -2.33. The summed E-state index contributed by atoms with van der Waals surface area (Å²) in [6.45, 7) is 1.96. The van der Waals surface area contributed by atoms with E-state index in [-0.39, 0.29) is 5.75 Å². The normalized spacial score (nSPS) is 14.0. The van der Waals surface area contributed by atoms with Crippen molar-refractivity contribution < 1.29 is 5.11 Å². The topological polar surface area (TPSA) is 111 Å². The van der Waals surface area contributed by atoms with Crippen molar-refractivity contribution >= 4 is 37.9 Å². The van der Waals surface area contributed by atoms with Crippen LogP contribution in [0.4, 0.5) is 0 Å². The third-order valence-corrected chi connectivity index (χ3v) is 29.0. The highest BCUT2D eigenvalue weighted by Gasteiger charge is 2.56. The molecule has 0 atom stereocenters. The van der Waals surface area contributed by atoms with E-state index in [1.165, 1.54) is 0 Å². The monoisotopic (exact) mass is 847 g/mol. The van der Waals surface area contributed by atoms with Gasteiger partial charge in [0.25, 0.3) is 0 Å². The summed E-state index contributed by atoms with van der Waals surface area (Å²) < 4.78 is 51.2. The Morgan fingerprint density at radius 3 is 0.604 bits per heavy atom. The van der Waals surface area contributed by atoms with Crippen LogP contribution in [-0.4, -0.2) is 225 Å². The van der Waals surface area contributed by atoms with Crippen molar-refractivity contribution in [2.75, 3.05) is 169 Å². The molecule has 0 aliphatic heterocycles. The first-order valence-corrected chi connectivity index (χ1v) is 25.3. The first-order valence-electron chi connectivity index (χ1n) is 17.3. The summed E-state index contributed by atoms with van der Waals surface area (Å²) in [6.07, 6.45) is 0. The number of benzene rings is 1. The fourth-order valence-electron chi connectivity index (χ4n) is 6.54. The molecule has 0 fully saturated rings. The Kier molecular flexibility index (Phi) is 21.0. The van der Waals surface area contributed by atoms with Crippen molar-refractivity contribution in [1.82, 2.24) is 56.0 Å². The van der Waals surface area contributed by atoms with E-state index in [2.05, 4.69) is 225 Å². The molecule has 53 heavy (non-hydrogen) atoms. The van der Waals surface area contributed by atoms with Gasteiger partial charge in [0.1, 0.15) is 0 Å². The van der Waals surface area contributed by atoms with E-state index in [0.717, 1.165) is 5.56 Å². The molecule has 0 radical (unpaired) electrons. The predicted molar refractivity (Wildman–Crippen MR) is 239 cm³/mol. The molecule has 0 unspecified atom stereocenters. The molecular formula is C31H79N16OP5. The fraction of sp³-hybridized carbons (Fsp3) is 0.806. The Hall–Kier alpha value is -0.110. The van der Waals surface area contributed by atoms with Crippen LogP contribution >= 0.6 is 37.9 Å². The SMILES string of the molecule is CN(C)P(=N[P+](N=P(N(C)C)(N(C)C)N(C)C)(N=P(N(C)C)(N(C)C)N(C)C)N=P(N(C)C)(N(C)C)N(C)C)(N(C)C)N(C)C.Cc1ccc([O-])cc1. The summed E-state index contributed by atoms with van der Waals surface area (Å²) >= 11 is 0. The molecule has 314 valence electrons. The zero-order valence-corrected chi connectivity index (χ0v) is 42.6. The van der Waals surface area contributed by atoms with Gasteiger partial charge in [-0.15, -0.1) is 5.75 Å². The van der Waals surface area contributed by atoms with Gasteiger partial charge in [-0.2, -0.15) is 0 Å². The summed E-state index contributed by atoms with van der Waals surface area (Å²) in [7, 11) is 36.8. The summed E-state index contributed by atoms with van der Waals surface area (Å²) in [5.74, 6) is 0.0793. The van der Waals surface area contributed by atoms with Gasteiger partial charge in [0, 0.05) is 0 Å². The lowest BCUT2D eigenvalue weighted by molar-refractivity contribution is -0.268. The van der Waals surface area contributed by atoms with Crippen molar-refractivity contribution in [1.29, 1.82) is 0 Å². The van der Waals surface area contributed by atoms with E-state index >= 15 is 0 Å². The molecular weight excluding hydrogens is 767 g/mol. The molecule has 1 aromatic rings. The van der Waals surface area contributed by atoms with Gasteiger partial charge < -0.3 is 5.11 Å². The van der Waals surface area contributed by atoms with Crippen LogP contribution < -0.4 is 5.11 Å². The molecule has 0 aliphatic carbocycles. The van der Waals surface area contributed by atoms with E-state index < -0.39 is 37.9 Å². The van der Waals surface area contributed by atoms with Gasteiger partial charge in [-0.25, -0.2) is 56.0 Å². The van der Waals surface area contributed by atoms with E-state index in [9.17, 15) is 5.11 Å². The first kappa shape index (κ1) is 52.9. The van der Waals surface area contributed by atoms with E-state index in [4.69, 9.17) is 18.1 Å². The van der Waals surface area contributed by atoms with Gasteiger partial charge in [0.15, 0.2) is 0 Å². The summed E-state index contributed by atoms with van der Waals surface area (Å²) in [5.41, 5.74) is 1.13. The van der Waals surface area contributed by atoms with Crippen LogP contribution in [0.15, 0.2) is 42.3 Å². The van der Waals surface area contributed by atoms with Crippen molar-refractivity contribution in [3.63, 3.8) is 0 Å². The number of rotatable bonds is 16. The van der Waals surface area contributed by atoms with E-state index in [0.29, 0.717) is 0 Å². The molecule has 17 nitrogen and oxygen atoms in total. The lowest BCUT2D eigenvalue weighted by Gasteiger charge is -2.44. The minimum atomic E-state index is -3.43. The molecule has 0 bridgehead atoms. The molecule has 0 heterocycles. The second-order valence-corrected chi connectivity index (χ2v) is 32.8. The first-order chi connectivity index (χ1) is 23.9. The minimum Gasteiger partial charge on any atom is -0.872 e. The number of hydrogen-bond acceptors (Lipinski definition) is 5. The Morgan fingerprint density at radius 2 is 0.491 bits per heavy atom. The molecule has 0 aliphatic rings. The van der Waals surface area contributed by atoms with Crippen molar-refractivity contribution in [2.45, 2.75) is 6.92 Å². The maximum Gasteiger partial charge on any atom is 0.502 e. The zero-order valence-electron chi connectivity index (χ0n) is 38.1. The van der Waals surface area contributed by atoms with Gasteiger partial charge in [-0.1, -0.05) is 29.8 Å². The quantitative estimate of drug-likeness (QED) is 0.175. The third-order valence-electron chi connectivity index (χ3n) is 8.42. The van der Waals surface area contributed by atoms with Crippen molar-refractivity contribution in [3.05, 3.63) is 29.8 Å². The smallest absolute Gasteiger partial charge is 0.502 e. The highest BCUT2D eigenvalue weighted by Crippen LogP contribution is 2.86. The Balaban J connectivity index is 0.00000295. The summed E-state index contributed by atoms with van der Waals surface area (Å²) in [5, 5.41) is 10.4. The van der Waals surface area contributed by atoms with Crippen LogP contribution in [0.3, 0.4) is 0 Å². The zero-order chi connectivity index (χ0) is 42.2. The second kappa shape index (κ2) is 21.1. The molecule has 1 aromatic carbocycles. The van der Waals surface area contributed by atoms with Crippen LogP contribution in [0.5, 0.6) is 5.75 Å². The van der Waals surface area contributed by atoms with Crippen LogP contribution in [-0.2, 0) is 0 Å². The van der Waals surface area contributed by atoms with Gasteiger partial charge in [-0.3, -0.25) is 0 Å². The standard InChI is InChI=1S/C24H72N16P5.C7H8O/c1-29(2)42(30(3)4,31(5)6)25-41(26-43(32(7)8,33(9)10)34(11)12,27-44(35(13)14,36(15)16)37(17)18)28-45(38(19)20,39(21)22)40(23)24;1-6-2-4-7(8)5-3-6/h1-24H3;2-5,8H,1H3/q+1;/p-1. The average Bonchev–Trinajstić information content (AvgIpc) is 2.99. The molecule has 1 rings (SSSR count). The van der Waals surface area contributed by atoms with Crippen molar-refractivity contribution in [3.8, 4) is 5.75 Å². The molecule has 0 aromatic heterocycles. The molecule has 0 amide bonds. The molecule has 0 spiro atoms. The Morgan fingerprint density at radius 1 is 0.340 bits per heavy atom. The largest absolute Gasteiger partial charge is 0.872 e. The summed E-state index contributed by atoms with van der Waals surface area (Å²) in [4.78, 5) is 0. The lowest BCUT2D eigenvalue weighted by atomic mass is 10.2. The van der Waals surface area contributed by atoms with Gasteiger partial charge >= 0.3 is 7.87 Å². The van der Waals surface area contributed by atoms with Crippen molar-refractivity contribution in [2.24, 2.45) is 18.1 Å². The maximum absolute atomic E-state index is 10.4. The minimum absolute atomic E-state index is 0.0793. The van der Waals surface area contributed by atoms with Gasteiger partial charge in [-0.05, 0) is 194 Å². The number of nitrogens with zero attached hydrogens (tertiary/aromatic N) is 16. The molecule has 0 N–H and O–H groups in total.